The number of carbonyl (C=O) groups is 1. The molecule has 1 aliphatic heterocycles. The molecule has 2 atom stereocenters. The van der Waals surface area contributed by atoms with E-state index in [1.807, 2.05) is 6.07 Å². The van der Waals surface area contributed by atoms with Crippen LogP contribution in [0.1, 0.15) is 37.6 Å². The van der Waals surface area contributed by atoms with Crippen LogP contribution in [0.25, 0.3) is 0 Å². The number of carbonyl (C=O) groups excluding carboxylic acids is 1. The van der Waals surface area contributed by atoms with E-state index in [2.05, 4.69) is 34.5 Å². The number of benzene rings is 1. The summed E-state index contributed by atoms with van der Waals surface area (Å²) in [7, 11) is 0. The van der Waals surface area contributed by atoms with Gasteiger partial charge in [0.15, 0.2) is 5.82 Å². The van der Waals surface area contributed by atoms with Gasteiger partial charge in [-0.2, -0.15) is 0 Å². The zero-order valence-corrected chi connectivity index (χ0v) is 16.4. The molecular weight excluding hydrogens is 371 g/mol. The second-order valence-corrected chi connectivity index (χ2v) is 7.50. The fourth-order valence-electron chi connectivity index (χ4n) is 3.57. The lowest BCUT2D eigenvalue weighted by atomic mass is 9.99. The molecule has 2 aromatic rings. The summed E-state index contributed by atoms with van der Waals surface area (Å²) in [6.45, 7) is 6.99. The summed E-state index contributed by atoms with van der Waals surface area (Å²) in [6.07, 6.45) is 0.865. The molecule has 1 aromatic heterocycles. The fourth-order valence-corrected chi connectivity index (χ4v) is 3.68. The molecule has 0 saturated carbocycles. The number of halogens is 2. The predicted molar refractivity (Wildman–Crippen MR) is 102 cm³/mol. The predicted octanol–water partition coefficient (Wildman–Crippen LogP) is 3.53. The van der Waals surface area contributed by atoms with Gasteiger partial charge in [0.1, 0.15) is 11.6 Å². The molecule has 3 rings (SSSR count). The Labute approximate surface area is 163 Å². The molecule has 27 heavy (non-hydrogen) atoms. The van der Waals surface area contributed by atoms with E-state index >= 15 is 0 Å². The van der Waals surface area contributed by atoms with E-state index in [0.29, 0.717) is 17.6 Å². The Kier molecular flexibility index (Phi) is 6.14. The molecule has 0 unspecified atom stereocenters. The first-order valence-corrected chi connectivity index (χ1v) is 9.40. The summed E-state index contributed by atoms with van der Waals surface area (Å²) in [5.74, 6) is 0.396. The van der Waals surface area contributed by atoms with E-state index in [1.165, 1.54) is 6.07 Å². The van der Waals surface area contributed by atoms with Crippen molar-refractivity contribution in [2.24, 2.45) is 0 Å². The van der Waals surface area contributed by atoms with Crippen molar-refractivity contribution in [2.75, 3.05) is 18.4 Å². The summed E-state index contributed by atoms with van der Waals surface area (Å²) < 4.78 is 18.9. The second kappa shape index (κ2) is 8.37. The number of rotatable bonds is 6. The lowest BCUT2D eigenvalue weighted by molar-refractivity contribution is -0.115. The monoisotopic (exact) mass is 394 g/mol. The molecule has 0 radical (unpaired) electrons. The Morgan fingerprint density at radius 2 is 2.22 bits per heavy atom. The standard InChI is InChI=1S/C19H24ClFN4O2/c1-11(2)25-7-6-16(19(25)13-4-5-14(20)15(21)9-13)22-10-18(26)23-17-8-12(3)27-24-17/h4-5,8-9,11,16,19,22H,6-7,10H2,1-3H3,(H,23,24,26)/t16-,19+/m0/s1. The number of nitrogens with one attached hydrogen (secondary N) is 2. The Balaban J connectivity index is 1.69. The minimum Gasteiger partial charge on any atom is -0.360 e. The Bertz CT molecular complexity index is 811. The van der Waals surface area contributed by atoms with Crippen molar-refractivity contribution in [3.05, 3.63) is 46.4 Å². The van der Waals surface area contributed by atoms with E-state index in [9.17, 15) is 9.18 Å². The van der Waals surface area contributed by atoms with Crippen molar-refractivity contribution in [2.45, 2.75) is 45.3 Å². The van der Waals surface area contributed by atoms with Gasteiger partial charge in [0.05, 0.1) is 17.6 Å². The van der Waals surface area contributed by atoms with Crippen molar-refractivity contribution < 1.29 is 13.7 Å². The van der Waals surface area contributed by atoms with Crippen LogP contribution >= 0.6 is 11.6 Å². The third-order valence-corrected chi connectivity index (χ3v) is 5.11. The Morgan fingerprint density at radius 1 is 1.44 bits per heavy atom. The van der Waals surface area contributed by atoms with Gasteiger partial charge in [0, 0.05) is 24.7 Å². The lowest BCUT2D eigenvalue weighted by Crippen LogP contribution is -2.41. The zero-order chi connectivity index (χ0) is 19.6. The molecule has 1 aliphatic rings. The summed E-state index contributed by atoms with van der Waals surface area (Å²) in [4.78, 5) is 14.5. The van der Waals surface area contributed by atoms with Gasteiger partial charge < -0.3 is 15.2 Å². The normalized spacial score (nSPS) is 20.4. The lowest BCUT2D eigenvalue weighted by Gasteiger charge is -2.32. The van der Waals surface area contributed by atoms with Gasteiger partial charge in [-0.3, -0.25) is 9.69 Å². The van der Waals surface area contributed by atoms with Crippen LogP contribution in [0.15, 0.2) is 28.8 Å². The van der Waals surface area contributed by atoms with Crippen molar-refractivity contribution in [1.29, 1.82) is 0 Å². The Morgan fingerprint density at radius 3 is 2.85 bits per heavy atom. The van der Waals surface area contributed by atoms with Crippen LogP contribution in [0.4, 0.5) is 10.2 Å². The molecule has 0 bridgehead atoms. The van der Waals surface area contributed by atoms with Gasteiger partial charge in [-0.15, -0.1) is 0 Å². The number of likely N-dealkylation sites (tertiary alicyclic amines) is 1. The second-order valence-electron chi connectivity index (χ2n) is 7.10. The topological polar surface area (TPSA) is 70.4 Å². The van der Waals surface area contributed by atoms with Crippen molar-refractivity contribution >= 4 is 23.3 Å². The first kappa shape index (κ1) is 19.8. The zero-order valence-electron chi connectivity index (χ0n) is 15.6. The van der Waals surface area contributed by atoms with Gasteiger partial charge >= 0.3 is 0 Å². The largest absolute Gasteiger partial charge is 0.360 e. The fraction of sp³-hybridized carbons (Fsp3) is 0.474. The van der Waals surface area contributed by atoms with Crippen molar-refractivity contribution in [1.82, 2.24) is 15.4 Å². The average molecular weight is 395 g/mol. The van der Waals surface area contributed by atoms with Gasteiger partial charge in [-0.1, -0.05) is 22.8 Å². The molecule has 8 heteroatoms. The third kappa shape index (κ3) is 4.66. The minimum absolute atomic E-state index is 0.0257. The minimum atomic E-state index is -0.428. The van der Waals surface area contributed by atoms with Crippen LogP contribution < -0.4 is 10.6 Å². The maximum Gasteiger partial charge on any atom is 0.239 e. The summed E-state index contributed by atoms with van der Waals surface area (Å²) in [5, 5.41) is 9.87. The molecule has 0 spiro atoms. The van der Waals surface area contributed by atoms with Crippen LogP contribution in [0.2, 0.25) is 5.02 Å². The number of nitrogens with zero attached hydrogens (tertiary/aromatic N) is 2. The van der Waals surface area contributed by atoms with Crippen molar-refractivity contribution in [3.63, 3.8) is 0 Å². The molecule has 6 nitrogen and oxygen atoms in total. The molecule has 0 aliphatic carbocycles. The average Bonchev–Trinajstić information content (AvgIpc) is 3.21. The molecule has 1 aromatic carbocycles. The van der Waals surface area contributed by atoms with E-state index in [-0.39, 0.29) is 29.6 Å². The van der Waals surface area contributed by atoms with Crippen LogP contribution in [0, 0.1) is 12.7 Å². The van der Waals surface area contributed by atoms with E-state index in [4.69, 9.17) is 16.1 Å². The first-order valence-electron chi connectivity index (χ1n) is 9.02. The molecule has 1 amide bonds. The van der Waals surface area contributed by atoms with Gasteiger partial charge in [-0.25, -0.2) is 4.39 Å². The van der Waals surface area contributed by atoms with E-state index in [0.717, 1.165) is 18.5 Å². The van der Waals surface area contributed by atoms with Crippen LogP contribution in [0.3, 0.4) is 0 Å². The van der Waals surface area contributed by atoms with E-state index in [1.54, 1.807) is 19.1 Å². The highest BCUT2D eigenvalue weighted by molar-refractivity contribution is 6.30. The molecule has 146 valence electrons. The number of anilines is 1. The van der Waals surface area contributed by atoms with Crippen LogP contribution in [-0.4, -0.2) is 41.1 Å². The Hall–Kier alpha value is -1.96. The summed E-state index contributed by atoms with van der Waals surface area (Å²) in [5.41, 5.74) is 0.855. The highest BCUT2D eigenvalue weighted by Gasteiger charge is 2.36. The molecular formula is C19H24ClFN4O2. The SMILES string of the molecule is Cc1cc(NC(=O)CN[C@H]2CCN(C(C)C)[C@@H]2c2ccc(Cl)c(F)c2)no1. The number of hydrogen-bond donors (Lipinski definition) is 2. The van der Waals surface area contributed by atoms with Gasteiger partial charge in [-0.05, 0) is 44.9 Å². The summed E-state index contributed by atoms with van der Waals surface area (Å²) >= 11 is 5.83. The summed E-state index contributed by atoms with van der Waals surface area (Å²) in [6, 6.07) is 6.88. The first-order chi connectivity index (χ1) is 12.8. The number of amides is 1. The number of hydrogen-bond acceptors (Lipinski definition) is 5. The molecule has 2 N–H and O–H groups in total. The molecule has 1 saturated heterocycles. The molecule has 1 fully saturated rings. The third-order valence-electron chi connectivity index (χ3n) is 4.81. The highest BCUT2D eigenvalue weighted by atomic mass is 35.5. The van der Waals surface area contributed by atoms with Crippen LogP contribution in [0.5, 0.6) is 0 Å². The van der Waals surface area contributed by atoms with Gasteiger partial charge in [0.25, 0.3) is 0 Å². The maximum absolute atomic E-state index is 14.0. The quantitative estimate of drug-likeness (QED) is 0.784. The number of aromatic nitrogens is 1. The van der Waals surface area contributed by atoms with Crippen LogP contribution in [-0.2, 0) is 4.79 Å². The van der Waals surface area contributed by atoms with Gasteiger partial charge in [0.2, 0.25) is 5.91 Å². The van der Waals surface area contributed by atoms with Crippen molar-refractivity contribution in [3.8, 4) is 0 Å². The number of aryl methyl sites for hydroxylation is 1. The smallest absolute Gasteiger partial charge is 0.239 e. The maximum atomic E-state index is 14.0. The van der Waals surface area contributed by atoms with E-state index < -0.39 is 5.82 Å². The highest BCUT2D eigenvalue weighted by Crippen LogP contribution is 2.35. The molecule has 2 heterocycles.